The van der Waals surface area contributed by atoms with Crippen molar-refractivity contribution in [2.24, 2.45) is 0 Å². The number of benzene rings is 2. The molecule has 1 aromatic heterocycles. The van der Waals surface area contributed by atoms with Crippen LogP contribution in [0.2, 0.25) is 5.02 Å². The van der Waals surface area contributed by atoms with E-state index in [-0.39, 0.29) is 22.1 Å². The van der Waals surface area contributed by atoms with Crippen LogP contribution in [0.1, 0.15) is 11.0 Å². The molecule has 3 aromatic rings. The second kappa shape index (κ2) is 7.85. The zero-order chi connectivity index (χ0) is 19.5. The zero-order valence-corrected chi connectivity index (χ0v) is 16.3. The fourth-order valence-electron chi connectivity index (χ4n) is 2.49. The third kappa shape index (κ3) is 4.41. The van der Waals surface area contributed by atoms with E-state index in [1.165, 1.54) is 48.7 Å². The minimum Gasteiger partial charge on any atom is -0.468 e. The van der Waals surface area contributed by atoms with E-state index < -0.39 is 25.1 Å². The summed E-state index contributed by atoms with van der Waals surface area (Å²) in [5, 5.41) is -0.833. The lowest BCUT2D eigenvalue weighted by molar-refractivity contribution is 0.486. The Morgan fingerprint density at radius 1 is 0.852 bits per heavy atom. The van der Waals surface area contributed by atoms with Crippen molar-refractivity contribution in [2.75, 3.05) is 6.54 Å². The third-order valence-corrected chi connectivity index (χ3v) is 7.66. The van der Waals surface area contributed by atoms with Gasteiger partial charge in [0.1, 0.15) is 11.0 Å². The van der Waals surface area contributed by atoms with E-state index >= 15 is 0 Å². The topological polar surface area (TPSA) is 93.4 Å². The van der Waals surface area contributed by atoms with Crippen molar-refractivity contribution < 1.29 is 21.3 Å². The van der Waals surface area contributed by atoms with Crippen LogP contribution in [0.5, 0.6) is 0 Å². The Bertz CT molecular complexity index is 1090. The molecule has 0 saturated carbocycles. The largest absolute Gasteiger partial charge is 0.468 e. The number of nitrogens with one attached hydrogen (secondary N) is 1. The van der Waals surface area contributed by atoms with Gasteiger partial charge >= 0.3 is 0 Å². The maximum atomic E-state index is 13.1. The van der Waals surface area contributed by atoms with Crippen molar-refractivity contribution in [3.63, 3.8) is 0 Å². The molecule has 0 bridgehead atoms. The molecular weight excluding hydrogens is 410 g/mol. The zero-order valence-electron chi connectivity index (χ0n) is 13.9. The Labute approximate surface area is 162 Å². The number of sulfonamides is 1. The van der Waals surface area contributed by atoms with Gasteiger partial charge in [-0.15, -0.1) is 0 Å². The fourth-order valence-corrected chi connectivity index (χ4v) is 5.38. The lowest BCUT2D eigenvalue weighted by atomic mass is 10.3. The van der Waals surface area contributed by atoms with Crippen molar-refractivity contribution in [3.05, 3.63) is 83.8 Å². The SMILES string of the molecule is O=S(=O)(NC[C@H](c1ccco1)S(=O)(=O)c1ccc(Cl)cc1)c1ccccc1. The van der Waals surface area contributed by atoms with E-state index in [1.54, 1.807) is 24.3 Å². The van der Waals surface area contributed by atoms with E-state index in [1.807, 2.05) is 0 Å². The smallest absolute Gasteiger partial charge is 0.240 e. The van der Waals surface area contributed by atoms with Crippen LogP contribution in [0.4, 0.5) is 0 Å². The van der Waals surface area contributed by atoms with Gasteiger partial charge in [-0.05, 0) is 48.5 Å². The van der Waals surface area contributed by atoms with Crippen molar-refractivity contribution in [2.45, 2.75) is 15.0 Å². The third-order valence-electron chi connectivity index (χ3n) is 3.89. The summed E-state index contributed by atoms with van der Waals surface area (Å²) in [6.45, 7) is -0.379. The lowest BCUT2D eigenvalue weighted by Gasteiger charge is -2.17. The Morgan fingerprint density at radius 3 is 2.11 bits per heavy atom. The summed E-state index contributed by atoms with van der Waals surface area (Å²) < 4.78 is 58.7. The molecule has 0 unspecified atom stereocenters. The first kappa shape index (κ1) is 19.6. The van der Waals surface area contributed by atoms with E-state index in [0.29, 0.717) is 5.02 Å². The molecular formula is C18H16ClNO5S2. The van der Waals surface area contributed by atoms with Crippen LogP contribution >= 0.6 is 11.6 Å². The predicted octanol–water partition coefficient (Wildman–Crippen LogP) is 3.43. The average Bonchev–Trinajstić information content (AvgIpc) is 3.17. The number of sulfone groups is 1. The van der Waals surface area contributed by atoms with Gasteiger partial charge in [-0.1, -0.05) is 29.8 Å². The van der Waals surface area contributed by atoms with E-state index in [2.05, 4.69) is 4.72 Å². The average molecular weight is 426 g/mol. The second-order valence-corrected chi connectivity index (χ2v) is 10.0. The number of halogens is 1. The molecule has 0 spiro atoms. The number of hydrogen-bond acceptors (Lipinski definition) is 5. The molecule has 27 heavy (non-hydrogen) atoms. The highest BCUT2D eigenvalue weighted by atomic mass is 35.5. The van der Waals surface area contributed by atoms with Crippen LogP contribution in [0.3, 0.4) is 0 Å². The Hall–Kier alpha value is -2.13. The highest BCUT2D eigenvalue weighted by Crippen LogP contribution is 2.30. The van der Waals surface area contributed by atoms with Crippen LogP contribution in [-0.2, 0) is 19.9 Å². The van der Waals surface area contributed by atoms with Crippen LogP contribution in [-0.4, -0.2) is 23.4 Å². The normalized spacial score (nSPS) is 13.4. The summed E-state index contributed by atoms with van der Waals surface area (Å²) in [6, 6.07) is 16.4. The molecule has 3 rings (SSSR count). The lowest BCUT2D eigenvalue weighted by Crippen LogP contribution is -2.31. The van der Waals surface area contributed by atoms with Gasteiger partial charge in [0.15, 0.2) is 9.84 Å². The maximum absolute atomic E-state index is 13.1. The quantitative estimate of drug-likeness (QED) is 0.625. The predicted molar refractivity (Wildman–Crippen MR) is 102 cm³/mol. The number of rotatable bonds is 7. The first-order chi connectivity index (χ1) is 12.8. The summed E-state index contributed by atoms with van der Waals surface area (Å²) in [7, 11) is -7.80. The Morgan fingerprint density at radius 2 is 1.52 bits per heavy atom. The molecule has 1 atom stereocenters. The highest BCUT2D eigenvalue weighted by Gasteiger charge is 2.32. The van der Waals surface area contributed by atoms with Gasteiger partial charge in [-0.25, -0.2) is 21.6 Å². The van der Waals surface area contributed by atoms with Gasteiger partial charge in [0, 0.05) is 11.6 Å². The molecule has 0 aliphatic rings. The van der Waals surface area contributed by atoms with Crippen molar-refractivity contribution in [3.8, 4) is 0 Å². The van der Waals surface area contributed by atoms with E-state index in [4.69, 9.17) is 16.0 Å². The first-order valence-electron chi connectivity index (χ1n) is 7.88. The van der Waals surface area contributed by atoms with E-state index in [9.17, 15) is 16.8 Å². The monoisotopic (exact) mass is 425 g/mol. The molecule has 0 aliphatic carbocycles. The minimum absolute atomic E-state index is 0.0206. The molecule has 0 aliphatic heterocycles. The van der Waals surface area contributed by atoms with Crippen molar-refractivity contribution in [1.82, 2.24) is 4.72 Å². The second-order valence-electron chi connectivity index (χ2n) is 5.67. The molecule has 142 valence electrons. The minimum atomic E-state index is -3.92. The molecule has 6 nitrogen and oxygen atoms in total. The van der Waals surface area contributed by atoms with Gasteiger partial charge in [-0.2, -0.15) is 0 Å². The van der Waals surface area contributed by atoms with Crippen molar-refractivity contribution in [1.29, 1.82) is 0 Å². The molecule has 0 amide bonds. The maximum Gasteiger partial charge on any atom is 0.240 e. The molecule has 0 radical (unpaired) electrons. The van der Waals surface area contributed by atoms with Crippen LogP contribution in [0, 0.1) is 0 Å². The summed E-state index contributed by atoms with van der Waals surface area (Å²) >= 11 is 5.82. The summed E-state index contributed by atoms with van der Waals surface area (Å²) in [5.41, 5.74) is 0. The standard InChI is InChI=1S/C18H16ClNO5S2/c19-14-8-10-15(11-9-14)26(21,22)18(17-7-4-12-25-17)13-20-27(23,24)16-5-2-1-3-6-16/h1-12,18,20H,13H2/t18-/m1/s1. The van der Waals surface area contributed by atoms with Gasteiger partial charge in [0.05, 0.1) is 16.1 Å². The van der Waals surface area contributed by atoms with Crippen LogP contribution < -0.4 is 4.72 Å². The van der Waals surface area contributed by atoms with Crippen molar-refractivity contribution >= 4 is 31.5 Å². The molecule has 1 heterocycles. The van der Waals surface area contributed by atoms with Gasteiger partial charge in [-0.3, -0.25) is 0 Å². The first-order valence-corrected chi connectivity index (χ1v) is 11.3. The summed E-state index contributed by atoms with van der Waals surface area (Å²) in [6.07, 6.45) is 1.34. The van der Waals surface area contributed by atoms with Gasteiger partial charge in [0.2, 0.25) is 10.0 Å². The van der Waals surface area contributed by atoms with Crippen LogP contribution in [0.25, 0.3) is 0 Å². The Kier molecular flexibility index (Phi) is 5.71. The number of hydrogen-bond donors (Lipinski definition) is 1. The summed E-state index contributed by atoms with van der Waals surface area (Å²) in [4.78, 5) is 0.0688. The number of furan rings is 1. The molecule has 9 heteroatoms. The molecule has 2 aromatic carbocycles. The summed E-state index contributed by atoms with van der Waals surface area (Å²) in [5.74, 6) is 0.140. The molecule has 1 N–H and O–H groups in total. The van der Waals surface area contributed by atoms with Crippen LogP contribution in [0.15, 0.2) is 87.2 Å². The fraction of sp³-hybridized carbons (Fsp3) is 0.111. The highest BCUT2D eigenvalue weighted by molar-refractivity contribution is 7.92. The molecule has 0 fully saturated rings. The Balaban J connectivity index is 1.92. The van der Waals surface area contributed by atoms with Gasteiger partial charge < -0.3 is 4.42 Å². The van der Waals surface area contributed by atoms with E-state index in [0.717, 1.165) is 0 Å². The molecule has 0 saturated heterocycles. The van der Waals surface area contributed by atoms with Gasteiger partial charge in [0.25, 0.3) is 0 Å².